The van der Waals surface area contributed by atoms with Crippen LogP contribution in [-0.2, 0) is 11.2 Å². The highest BCUT2D eigenvalue weighted by atomic mass is 19.1. The molecule has 0 spiro atoms. The lowest BCUT2D eigenvalue weighted by molar-refractivity contribution is -0.116. The van der Waals surface area contributed by atoms with Gasteiger partial charge in [-0.1, -0.05) is 18.2 Å². The number of aromatic nitrogens is 3. The average molecular weight is 340 g/mol. The van der Waals surface area contributed by atoms with Crippen molar-refractivity contribution in [3.05, 3.63) is 66.5 Å². The molecule has 1 aromatic heterocycles. The Kier molecular flexibility index (Phi) is 5.03. The van der Waals surface area contributed by atoms with Gasteiger partial charge in [0.15, 0.2) is 5.82 Å². The Morgan fingerprint density at radius 1 is 1.28 bits per heavy atom. The van der Waals surface area contributed by atoms with Crippen molar-refractivity contribution < 1.29 is 13.9 Å². The Morgan fingerprint density at radius 3 is 2.84 bits per heavy atom. The zero-order valence-electron chi connectivity index (χ0n) is 13.6. The number of rotatable bonds is 6. The molecule has 1 amide bonds. The lowest BCUT2D eigenvalue weighted by Gasteiger charge is -2.09. The summed E-state index contributed by atoms with van der Waals surface area (Å²) in [7, 11) is 1.60. The Bertz CT molecular complexity index is 865. The van der Waals surface area contributed by atoms with Crippen LogP contribution >= 0.6 is 0 Å². The van der Waals surface area contributed by atoms with Crippen molar-refractivity contribution in [3.63, 3.8) is 0 Å². The number of nitrogens with one attached hydrogen (secondary N) is 1. The molecule has 25 heavy (non-hydrogen) atoms. The van der Waals surface area contributed by atoms with Crippen LogP contribution in [0.15, 0.2) is 55.1 Å². The Balaban J connectivity index is 1.62. The van der Waals surface area contributed by atoms with E-state index in [4.69, 9.17) is 4.74 Å². The van der Waals surface area contributed by atoms with Gasteiger partial charge in [0.25, 0.3) is 0 Å². The number of aryl methyl sites for hydroxylation is 1. The molecule has 2 aromatic carbocycles. The Morgan fingerprint density at radius 2 is 2.12 bits per heavy atom. The summed E-state index contributed by atoms with van der Waals surface area (Å²) in [5, 5.41) is 6.58. The van der Waals surface area contributed by atoms with Crippen molar-refractivity contribution in [2.45, 2.75) is 12.8 Å². The van der Waals surface area contributed by atoms with E-state index in [2.05, 4.69) is 15.4 Å². The quantitative estimate of drug-likeness (QED) is 0.749. The molecule has 0 saturated heterocycles. The number of para-hydroxylation sites is 1. The second-order valence-corrected chi connectivity index (χ2v) is 5.37. The molecular weight excluding hydrogens is 323 g/mol. The average Bonchev–Trinajstić information content (AvgIpc) is 3.14. The molecular formula is C18H17FN4O2. The highest BCUT2D eigenvalue weighted by Gasteiger charge is 2.10. The van der Waals surface area contributed by atoms with Gasteiger partial charge < -0.3 is 10.1 Å². The number of carbonyl (C=O) groups excluding carboxylic acids is 1. The van der Waals surface area contributed by atoms with Crippen LogP contribution in [0, 0.1) is 5.82 Å². The summed E-state index contributed by atoms with van der Waals surface area (Å²) in [5.74, 6) is 0.0605. The standard InChI is InChI=1S/C18H17FN4O2/c1-25-17-5-3-2-4-13(17)6-9-18(24)22-14-7-8-16(15(19)10-14)23-12-20-11-21-23/h2-5,7-8,10-12H,6,9H2,1H3,(H,22,24). The van der Waals surface area contributed by atoms with Crippen molar-refractivity contribution in [3.8, 4) is 11.4 Å². The molecule has 0 unspecified atom stereocenters. The third kappa shape index (κ3) is 4.00. The number of methoxy groups -OCH3 is 1. The number of benzene rings is 2. The van der Waals surface area contributed by atoms with Crippen LogP contribution in [0.1, 0.15) is 12.0 Å². The lowest BCUT2D eigenvalue weighted by atomic mass is 10.1. The molecule has 0 bridgehead atoms. The van der Waals surface area contributed by atoms with Gasteiger partial charge in [-0.25, -0.2) is 14.1 Å². The fraction of sp³-hybridized carbons (Fsp3) is 0.167. The van der Waals surface area contributed by atoms with Gasteiger partial charge in [0, 0.05) is 12.1 Å². The van der Waals surface area contributed by atoms with Crippen molar-refractivity contribution in [2.24, 2.45) is 0 Å². The molecule has 0 aliphatic rings. The van der Waals surface area contributed by atoms with Crippen molar-refractivity contribution >= 4 is 11.6 Å². The fourth-order valence-electron chi connectivity index (χ4n) is 2.48. The van der Waals surface area contributed by atoms with Gasteiger partial charge >= 0.3 is 0 Å². The van der Waals surface area contributed by atoms with Gasteiger partial charge in [-0.05, 0) is 36.2 Å². The van der Waals surface area contributed by atoms with E-state index in [1.165, 1.54) is 23.4 Å². The number of anilines is 1. The summed E-state index contributed by atoms with van der Waals surface area (Å²) in [6.45, 7) is 0. The van der Waals surface area contributed by atoms with Crippen LogP contribution in [0.4, 0.5) is 10.1 Å². The first-order valence-electron chi connectivity index (χ1n) is 7.73. The number of hydrogen-bond acceptors (Lipinski definition) is 4. The summed E-state index contributed by atoms with van der Waals surface area (Å²) in [4.78, 5) is 15.9. The summed E-state index contributed by atoms with van der Waals surface area (Å²) >= 11 is 0. The maximum Gasteiger partial charge on any atom is 0.224 e. The highest BCUT2D eigenvalue weighted by molar-refractivity contribution is 5.91. The molecule has 0 saturated carbocycles. The Hall–Kier alpha value is -3.22. The summed E-state index contributed by atoms with van der Waals surface area (Å²) in [6, 6.07) is 12.0. The van der Waals surface area contributed by atoms with Gasteiger partial charge in [-0.15, -0.1) is 0 Å². The first kappa shape index (κ1) is 16.6. The van der Waals surface area contributed by atoms with Gasteiger partial charge in [0.05, 0.1) is 7.11 Å². The molecule has 0 aliphatic heterocycles. The van der Waals surface area contributed by atoms with Gasteiger partial charge in [0.1, 0.15) is 24.1 Å². The molecule has 128 valence electrons. The summed E-state index contributed by atoms with van der Waals surface area (Å²) < 4.78 is 20.7. The minimum atomic E-state index is -0.493. The van der Waals surface area contributed by atoms with E-state index in [0.717, 1.165) is 11.3 Å². The molecule has 1 N–H and O–H groups in total. The number of amides is 1. The third-order valence-electron chi connectivity index (χ3n) is 3.71. The van der Waals surface area contributed by atoms with E-state index >= 15 is 0 Å². The van der Waals surface area contributed by atoms with Crippen molar-refractivity contribution in [1.29, 1.82) is 0 Å². The molecule has 0 atom stereocenters. The number of halogens is 1. The minimum absolute atomic E-state index is 0.196. The van der Waals surface area contributed by atoms with E-state index in [1.807, 2.05) is 24.3 Å². The Labute approximate surface area is 144 Å². The second kappa shape index (κ2) is 7.57. The SMILES string of the molecule is COc1ccccc1CCC(=O)Nc1ccc(-n2cncn2)c(F)c1. The van der Waals surface area contributed by atoms with Crippen LogP contribution in [-0.4, -0.2) is 27.8 Å². The van der Waals surface area contributed by atoms with Crippen LogP contribution < -0.4 is 10.1 Å². The zero-order valence-corrected chi connectivity index (χ0v) is 13.6. The van der Waals surface area contributed by atoms with Crippen LogP contribution in [0.5, 0.6) is 5.75 Å². The van der Waals surface area contributed by atoms with E-state index < -0.39 is 5.82 Å². The molecule has 3 aromatic rings. The van der Waals surface area contributed by atoms with Crippen molar-refractivity contribution in [2.75, 3.05) is 12.4 Å². The predicted octanol–water partition coefficient (Wildman–Crippen LogP) is 2.99. The van der Waals surface area contributed by atoms with Gasteiger partial charge in [0.2, 0.25) is 5.91 Å². The van der Waals surface area contributed by atoms with Crippen LogP contribution in [0.25, 0.3) is 5.69 Å². The van der Waals surface area contributed by atoms with Gasteiger partial charge in [-0.3, -0.25) is 4.79 Å². The monoisotopic (exact) mass is 340 g/mol. The molecule has 6 nitrogen and oxygen atoms in total. The minimum Gasteiger partial charge on any atom is -0.496 e. The van der Waals surface area contributed by atoms with Crippen molar-refractivity contribution in [1.82, 2.24) is 14.8 Å². The number of ether oxygens (including phenoxy) is 1. The molecule has 1 heterocycles. The van der Waals surface area contributed by atoms with Crippen LogP contribution in [0.2, 0.25) is 0 Å². The van der Waals surface area contributed by atoms with E-state index in [-0.39, 0.29) is 18.0 Å². The smallest absolute Gasteiger partial charge is 0.224 e. The first-order chi connectivity index (χ1) is 12.2. The molecule has 7 heteroatoms. The third-order valence-corrected chi connectivity index (χ3v) is 3.71. The summed E-state index contributed by atoms with van der Waals surface area (Å²) in [6.07, 6.45) is 3.54. The molecule has 0 fully saturated rings. The van der Waals surface area contributed by atoms with Gasteiger partial charge in [-0.2, -0.15) is 5.10 Å². The first-order valence-corrected chi connectivity index (χ1v) is 7.73. The van der Waals surface area contributed by atoms with E-state index in [1.54, 1.807) is 19.2 Å². The number of hydrogen-bond donors (Lipinski definition) is 1. The lowest BCUT2D eigenvalue weighted by Crippen LogP contribution is -2.13. The van der Waals surface area contributed by atoms with E-state index in [9.17, 15) is 9.18 Å². The molecule has 3 rings (SSSR count). The number of carbonyl (C=O) groups is 1. The maximum atomic E-state index is 14.2. The van der Waals surface area contributed by atoms with Crippen LogP contribution in [0.3, 0.4) is 0 Å². The van der Waals surface area contributed by atoms with E-state index in [0.29, 0.717) is 12.1 Å². The highest BCUT2D eigenvalue weighted by Crippen LogP contribution is 2.20. The largest absolute Gasteiger partial charge is 0.496 e. The molecule has 0 aliphatic carbocycles. The topological polar surface area (TPSA) is 69.0 Å². The number of nitrogens with zero attached hydrogens (tertiary/aromatic N) is 3. The zero-order chi connectivity index (χ0) is 17.6. The summed E-state index contributed by atoms with van der Waals surface area (Å²) in [5.41, 5.74) is 1.61. The second-order valence-electron chi connectivity index (χ2n) is 5.37. The predicted molar refractivity (Wildman–Crippen MR) is 91.3 cm³/mol. The fourth-order valence-corrected chi connectivity index (χ4v) is 2.48. The molecule has 0 radical (unpaired) electrons. The maximum absolute atomic E-state index is 14.2. The normalized spacial score (nSPS) is 10.5.